The van der Waals surface area contributed by atoms with E-state index in [2.05, 4.69) is 37.1 Å². The van der Waals surface area contributed by atoms with Crippen molar-refractivity contribution < 1.29 is 4.74 Å². The molecule has 98 valence electrons. The van der Waals surface area contributed by atoms with E-state index < -0.39 is 0 Å². The number of nitrogens with zero attached hydrogens (tertiary/aromatic N) is 2. The highest BCUT2D eigenvalue weighted by Gasteiger charge is 2.03. The molecule has 0 aliphatic rings. The van der Waals surface area contributed by atoms with Crippen LogP contribution in [0.3, 0.4) is 0 Å². The zero-order valence-corrected chi connectivity index (χ0v) is 11.6. The number of hydrogen-bond donors (Lipinski definition) is 0. The van der Waals surface area contributed by atoms with Gasteiger partial charge in [0.15, 0.2) is 0 Å². The Morgan fingerprint density at radius 1 is 1.39 bits per heavy atom. The van der Waals surface area contributed by atoms with Crippen LogP contribution in [0.4, 0.5) is 0 Å². The first-order valence-corrected chi connectivity index (χ1v) is 6.45. The number of nitriles is 1. The lowest BCUT2D eigenvalue weighted by molar-refractivity contribution is 0.322. The molecule has 1 aromatic carbocycles. The molecule has 0 amide bonds. The smallest absolute Gasteiger partial charge is 0.122 e. The number of hydrogen-bond acceptors (Lipinski definition) is 3. The van der Waals surface area contributed by atoms with Crippen molar-refractivity contribution in [1.82, 2.24) is 4.90 Å². The molecule has 0 saturated carbocycles. The van der Waals surface area contributed by atoms with E-state index in [1.165, 1.54) is 11.1 Å². The van der Waals surface area contributed by atoms with Gasteiger partial charge in [-0.1, -0.05) is 12.1 Å². The summed E-state index contributed by atoms with van der Waals surface area (Å²) in [5.74, 6) is 0.966. The molecule has 0 unspecified atom stereocenters. The fraction of sp³-hybridized carbons (Fsp3) is 0.533. The van der Waals surface area contributed by atoms with Crippen LogP contribution < -0.4 is 4.74 Å². The highest BCUT2D eigenvalue weighted by Crippen LogP contribution is 2.19. The Balaban J connectivity index is 2.52. The van der Waals surface area contributed by atoms with Crippen molar-refractivity contribution in [2.45, 2.75) is 33.2 Å². The zero-order valence-electron chi connectivity index (χ0n) is 11.6. The quantitative estimate of drug-likeness (QED) is 0.693. The average molecular weight is 246 g/mol. The van der Waals surface area contributed by atoms with Gasteiger partial charge in [-0.3, -0.25) is 0 Å². The van der Waals surface area contributed by atoms with Gasteiger partial charge in [-0.05, 0) is 51.1 Å². The van der Waals surface area contributed by atoms with Gasteiger partial charge in [0.05, 0.1) is 12.7 Å². The van der Waals surface area contributed by atoms with E-state index in [0.29, 0.717) is 13.0 Å². The summed E-state index contributed by atoms with van der Waals surface area (Å²) >= 11 is 0. The van der Waals surface area contributed by atoms with Gasteiger partial charge in [0.1, 0.15) is 5.75 Å². The molecule has 0 saturated heterocycles. The van der Waals surface area contributed by atoms with E-state index >= 15 is 0 Å². The molecule has 0 aliphatic heterocycles. The van der Waals surface area contributed by atoms with Gasteiger partial charge in [0, 0.05) is 13.0 Å². The summed E-state index contributed by atoms with van der Waals surface area (Å²) in [6, 6.07) is 8.50. The minimum atomic E-state index is 0.632. The molecule has 0 heterocycles. The average Bonchev–Trinajstić information content (AvgIpc) is 2.33. The summed E-state index contributed by atoms with van der Waals surface area (Å²) in [5, 5.41) is 8.50. The normalized spacial score (nSPS) is 10.4. The summed E-state index contributed by atoms with van der Waals surface area (Å²) in [4.78, 5) is 2.24. The second-order valence-electron chi connectivity index (χ2n) is 4.53. The van der Waals surface area contributed by atoms with Gasteiger partial charge in [-0.2, -0.15) is 5.26 Å². The van der Waals surface area contributed by atoms with Crippen molar-refractivity contribution in [3.05, 3.63) is 29.3 Å². The van der Waals surface area contributed by atoms with E-state index in [1.807, 2.05) is 13.0 Å². The van der Waals surface area contributed by atoms with Crippen LogP contribution in [0.25, 0.3) is 0 Å². The lowest BCUT2D eigenvalue weighted by Crippen LogP contribution is -2.19. The van der Waals surface area contributed by atoms with E-state index in [-0.39, 0.29) is 0 Å². The Hall–Kier alpha value is -1.53. The summed E-state index contributed by atoms with van der Waals surface area (Å²) in [5.41, 5.74) is 2.47. The third kappa shape index (κ3) is 4.77. The van der Waals surface area contributed by atoms with Crippen molar-refractivity contribution >= 4 is 0 Å². The molecule has 3 heteroatoms. The Labute approximate surface area is 110 Å². The number of ether oxygens (including phenoxy) is 1. The third-order valence-electron chi connectivity index (χ3n) is 2.82. The summed E-state index contributed by atoms with van der Waals surface area (Å²) in [6.45, 7) is 6.65. The van der Waals surface area contributed by atoms with Gasteiger partial charge in [-0.15, -0.1) is 0 Å². The fourth-order valence-electron chi connectivity index (χ4n) is 1.95. The SMILES string of the molecule is CCOc1ccc(CN(C)CCCC#N)cc1C. The molecule has 0 N–H and O–H groups in total. The molecule has 0 fully saturated rings. The molecule has 0 aliphatic carbocycles. The first-order valence-electron chi connectivity index (χ1n) is 6.45. The highest BCUT2D eigenvalue weighted by molar-refractivity contribution is 5.36. The molecule has 0 aromatic heterocycles. The summed E-state index contributed by atoms with van der Waals surface area (Å²) in [6.07, 6.45) is 1.57. The molecule has 0 spiro atoms. The van der Waals surface area contributed by atoms with Crippen LogP contribution in [0, 0.1) is 18.3 Å². The molecule has 0 atom stereocenters. The maximum absolute atomic E-state index is 8.50. The molecular formula is C15H22N2O. The van der Waals surface area contributed by atoms with Crippen molar-refractivity contribution in [2.75, 3.05) is 20.2 Å². The molecule has 1 rings (SSSR count). The van der Waals surface area contributed by atoms with Gasteiger partial charge in [-0.25, -0.2) is 0 Å². The van der Waals surface area contributed by atoms with Crippen LogP contribution in [0.1, 0.15) is 30.9 Å². The van der Waals surface area contributed by atoms with E-state index in [0.717, 1.165) is 25.3 Å². The second-order valence-corrected chi connectivity index (χ2v) is 4.53. The number of unbranched alkanes of at least 4 members (excludes halogenated alkanes) is 1. The molecule has 18 heavy (non-hydrogen) atoms. The molecule has 3 nitrogen and oxygen atoms in total. The van der Waals surface area contributed by atoms with Crippen LogP contribution >= 0.6 is 0 Å². The standard InChI is InChI=1S/C15H22N2O/c1-4-18-15-8-7-14(11-13(15)2)12-17(3)10-6-5-9-16/h7-8,11H,4-6,10,12H2,1-3H3. The summed E-state index contributed by atoms with van der Waals surface area (Å²) in [7, 11) is 2.09. The number of benzene rings is 1. The van der Waals surface area contributed by atoms with Gasteiger partial charge in [0.2, 0.25) is 0 Å². The van der Waals surface area contributed by atoms with Gasteiger partial charge < -0.3 is 9.64 Å². The Kier molecular flexibility index (Phi) is 6.24. The highest BCUT2D eigenvalue weighted by atomic mass is 16.5. The van der Waals surface area contributed by atoms with Crippen LogP contribution in [0.15, 0.2) is 18.2 Å². The number of aryl methyl sites for hydroxylation is 1. The van der Waals surface area contributed by atoms with Gasteiger partial charge in [0.25, 0.3) is 0 Å². The zero-order chi connectivity index (χ0) is 13.4. The van der Waals surface area contributed by atoms with Gasteiger partial charge >= 0.3 is 0 Å². The van der Waals surface area contributed by atoms with Crippen LogP contribution in [0.5, 0.6) is 5.75 Å². The van der Waals surface area contributed by atoms with Crippen LogP contribution in [-0.4, -0.2) is 25.1 Å². The van der Waals surface area contributed by atoms with Crippen molar-refractivity contribution in [1.29, 1.82) is 5.26 Å². The van der Waals surface area contributed by atoms with E-state index in [9.17, 15) is 0 Å². The fourth-order valence-corrected chi connectivity index (χ4v) is 1.95. The maximum Gasteiger partial charge on any atom is 0.122 e. The molecule has 0 radical (unpaired) electrons. The maximum atomic E-state index is 8.50. The lowest BCUT2D eigenvalue weighted by atomic mass is 10.1. The van der Waals surface area contributed by atoms with Crippen molar-refractivity contribution in [3.63, 3.8) is 0 Å². The first-order chi connectivity index (χ1) is 8.67. The van der Waals surface area contributed by atoms with Crippen LogP contribution in [-0.2, 0) is 6.54 Å². The minimum absolute atomic E-state index is 0.632. The molecule has 1 aromatic rings. The third-order valence-corrected chi connectivity index (χ3v) is 2.82. The first kappa shape index (κ1) is 14.5. The predicted octanol–water partition coefficient (Wildman–Crippen LogP) is 3.13. The topological polar surface area (TPSA) is 36.3 Å². The van der Waals surface area contributed by atoms with E-state index in [4.69, 9.17) is 10.00 Å². The summed E-state index contributed by atoms with van der Waals surface area (Å²) < 4.78 is 5.53. The minimum Gasteiger partial charge on any atom is -0.494 e. The monoisotopic (exact) mass is 246 g/mol. The largest absolute Gasteiger partial charge is 0.494 e. The lowest BCUT2D eigenvalue weighted by Gasteiger charge is -2.17. The van der Waals surface area contributed by atoms with E-state index in [1.54, 1.807) is 0 Å². The Morgan fingerprint density at radius 3 is 2.78 bits per heavy atom. The molecular weight excluding hydrogens is 224 g/mol. The van der Waals surface area contributed by atoms with Crippen molar-refractivity contribution in [2.24, 2.45) is 0 Å². The predicted molar refractivity (Wildman–Crippen MR) is 73.5 cm³/mol. The van der Waals surface area contributed by atoms with Crippen molar-refractivity contribution in [3.8, 4) is 11.8 Å². The second kappa shape index (κ2) is 7.73. The number of rotatable bonds is 7. The Morgan fingerprint density at radius 2 is 2.17 bits per heavy atom. The van der Waals surface area contributed by atoms with Crippen LogP contribution in [0.2, 0.25) is 0 Å². The molecule has 0 bridgehead atoms. The Bertz CT molecular complexity index is 409.